The second kappa shape index (κ2) is 4.67. The Bertz CT molecular complexity index is 153. The fraction of sp³-hybridized carbons (Fsp3) is 1.00. The summed E-state index contributed by atoms with van der Waals surface area (Å²) >= 11 is 2.08. The van der Waals surface area contributed by atoms with E-state index < -0.39 is 0 Å². The highest BCUT2D eigenvalue weighted by atomic mass is 32.2. The molecule has 13 heavy (non-hydrogen) atoms. The largest absolute Gasteiger partial charge is 0.329 e. The van der Waals surface area contributed by atoms with Gasteiger partial charge in [0.2, 0.25) is 0 Å². The summed E-state index contributed by atoms with van der Waals surface area (Å²) in [5, 5.41) is 0. The van der Waals surface area contributed by atoms with Crippen LogP contribution < -0.4 is 5.73 Å². The standard InChI is InChI=1S/C10H20N2S/c11-8-10(9-2-1-3-9)12-4-6-13-7-5-12/h9-10H,1-8,11H2. The Morgan fingerprint density at radius 3 is 2.46 bits per heavy atom. The van der Waals surface area contributed by atoms with E-state index in [9.17, 15) is 0 Å². The highest BCUT2D eigenvalue weighted by molar-refractivity contribution is 7.99. The van der Waals surface area contributed by atoms with Crippen molar-refractivity contribution >= 4 is 11.8 Å². The van der Waals surface area contributed by atoms with E-state index in [1.54, 1.807) is 0 Å². The van der Waals surface area contributed by atoms with E-state index in [0.717, 1.165) is 12.5 Å². The molecule has 0 spiro atoms. The number of nitrogens with two attached hydrogens (primary N) is 1. The zero-order chi connectivity index (χ0) is 9.10. The molecule has 3 heteroatoms. The molecule has 76 valence electrons. The van der Waals surface area contributed by atoms with Gasteiger partial charge in [-0.2, -0.15) is 11.8 Å². The quantitative estimate of drug-likeness (QED) is 0.741. The van der Waals surface area contributed by atoms with E-state index in [0.29, 0.717) is 6.04 Å². The van der Waals surface area contributed by atoms with Gasteiger partial charge in [0, 0.05) is 37.2 Å². The third-order valence-electron chi connectivity index (χ3n) is 3.45. The van der Waals surface area contributed by atoms with Crippen molar-refractivity contribution in [3.05, 3.63) is 0 Å². The molecule has 0 bridgehead atoms. The normalized spacial score (nSPS) is 28.4. The van der Waals surface area contributed by atoms with E-state index in [2.05, 4.69) is 16.7 Å². The molecule has 1 aliphatic heterocycles. The topological polar surface area (TPSA) is 29.3 Å². The first-order valence-corrected chi connectivity index (χ1v) is 6.59. The second-order valence-corrected chi connectivity index (χ2v) is 5.37. The van der Waals surface area contributed by atoms with Crippen LogP contribution in [-0.2, 0) is 0 Å². The Balaban J connectivity index is 1.86. The molecule has 2 N–H and O–H groups in total. The molecule has 2 aliphatic rings. The molecular weight excluding hydrogens is 180 g/mol. The minimum atomic E-state index is 0.703. The summed E-state index contributed by atoms with van der Waals surface area (Å²) in [5.74, 6) is 3.54. The van der Waals surface area contributed by atoms with Gasteiger partial charge in [-0.05, 0) is 18.8 Å². The van der Waals surface area contributed by atoms with Crippen molar-refractivity contribution in [2.45, 2.75) is 25.3 Å². The predicted octanol–water partition coefficient (Wildman–Crippen LogP) is 1.16. The van der Waals surface area contributed by atoms with Crippen LogP contribution in [0.4, 0.5) is 0 Å². The van der Waals surface area contributed by atoms with Gasteiger partial charge in [0.15, 0.2) is 0 Å². The van der Waals surface area contributed by atoms with Crippen molar-refractivity contribution in [1.82, 2.24) is 4.90 Å². The van der Waals surface area contributed by atoms with E-state index >= 15 is 0 Å². The lowest BCUT2D eigenvalue weighted by molar-refractivity contribution is 0.110. The summed E-state index contributed by atoms with van der Waals surface area (Å²) in [6.07, 6.45) is 4.28. The van der Waals surface area contributed by atoms with Crippen LogP contribution in [0, 0.1) is 5.92 Å². The number of nitrogens with zero attached hydrogens (tertiary/aromatic N) is 1. The average Bonchev–Trinajstić information content (AvgIpc) is 2.12. The average molecular weight is 200 g/mol. The Morgan fingerprint density at radius 2 is 2.00 bits per heavy atom. The molecule has 1 saturated heterocycles. The van der Waals surface area contributed by atoms with Gasteiger partial charge in [0.1, 0.15) is 0 Å². The van der Waals surface area contributed by atoms with Crippen LogP contribution in [0.25, 0.3) is 0 Å². The van der Waals surface area contributed by atoms with Crippen LogP contribution in [0.15, 0.2) is 0 Å². The maximum atomic E-state index is 5.87. The second-order valence-electron chi connectivity index (χ2n) is 4.14. The molecule has 1 saturated carbocycles. The summed E-state index contributed by atoms with van der Waals surface area (Å²) in [6, 6.07) is 0.703. The molecular formula is C10H20N2S. The van der Waals surface area contributed by atoms with Crippen LogP contribution >= 0.6 is 11.8 Å². The molecule has 1 aliphatic carbocycles. The summed E-state index contributed by atoms with van der Waals surface area (Å²) in [5.41, 5.74) is 5.87. The van der Waals surface area contributed by atoms with Crippen LogP contribution in [0.5, 0.6) is 0 Å². The van der Waals surface area contributed by atoms with Gasteiger partial charge in [-0.3, -0.25) is 4.90 Å². The molecule has 0 aromatic rings. The third-order valence-corrected chi connectivity index (χ3v) is 4.39. The van der Waals surface area contributed by atoms with Crippen LogP contribution in [-0.4, -0.2) is 42.1 Å². The fourth-order valence-electron chi connectivity index (χ4n) is 2.37. The van der Waals surface area contributed by atoms with Gasteiger partial charge in [-0.1, -0.05) is 6.42 Å². The Morgan fingerprint density at radius 1 is 1.31 bits per heavy atom. The minimum Gasteiger partial charge on any atom is -0.329 e. The number of thioether (sulfide) groups is 1. The van der Waals surface area contributed by atoms with Gasteiger partial charge < -0.3 is 5.73 Å². The summed E-state index contributed by atoms with van der Waals surface area (Å²) in [4.78, 5) is 2.63. The first kappa shape index (κ1) is 9.81. The molecule has 1 heterocycles. The van der Waals surface area contributed by atoms with Gasteiger partial charge in [0.05, 0.1) is 0 Å². The Labute approximate surface area is 85.2 Å². The van der Waals surface area contributed by atoms with Gasteiger partial charge in [-0.15, -0.1) is 0 Å². The third kappa shape index (κ3) is 2.20. The minimum absolute atomic E-state index is 0.703. The van der Waals surface area contributed by atoms with Crippen molar-refractivity contribution < 1.29 is 0 Å². The fourth-order valence-corrected chi connectivity index (χ4v) is 3.30. The van der Waals surface area contributed by atoms with Gasteiger partial charge >= 0.3 is 0 Å². The zero-order valence-corrected chi connectivity index (χ0v) is 9.06. The maximum Gasteiger partial charge on any atom is 0.0247 e. The highest BCUT2D eigenvalue weighted by Crippen LogP contribution is 2.32. The maximum absolute atomic E-state index is 5.87. The van der Waals surface area contributed by atoms with E-state index in [-0.39, 0.29) is 0 Å². The first-order chi connectivity index (χ1) is 6.42. The van der Waals surface area contributed by atoms with Crippen LogP contribution in [0.1, 0.15) is 19.3 Å². The molecule has 0 radical (unpaired) electrons. The smallest absolute Gasteiger partial charge is 0.0247 e. The van der Waals surface area contributed by atoms with Crippen LogP contribution in [0.3, 0.4) is 0 Å². The predicted molar refractivity (Wildman–Crippen MR) is 59.1 cm³/mol. The lowest BCUT2D eigenvalue weighted by atomic mass is 9.79. The summed E-state index contributed by atoms with van der Waals surface area (Å²) in [6.45, 7) is 3.40. The molecule has 2 fully saturated rings. The molecule has 1 atom stereocenters. The highest BCUT2D eigenvalue weighted by Gasteiger charge is 2.31. The van der Waals surface area contributed by atoms with Crippen molar-refractivity contribution in [2.75, 3.05) is 31.1 Å². The lowest BCUT2D eigenvalue weighted by Crippen LogP contribution is -2.50. The van der Waals surface area contributed by atoms with Crippen molar-refractivity contribution in [3.63, 3.8) is 0 Å². The lowest BCUT2D eigenvalue weighted by Gasteiger charge is -2.42. The number of hydrogen-bond acceptors (Lipinski definition) is 3. The molecule has 1 unspecified atom stereocenters. The monoisotopic (exact) mass is 200 g/mol. The van der Waals surface area contributed by atoms with Gasteiger partial charge in [0.25, 0.3) is 0 Å². The van der Waals surface area contributed by atoms with E-state index in [1.807, 2.05) is 0 Å². The molecule has 0 aromatic carbocycles. The molecule has 2 nitrogen and oxygen atoms in total. The number of hydrogen-bond donors (Lipinski definition) is 1. The summed E-state index contributed by atoms with van der Waals surface area (Å²) < 4.78 is 0. The van der Waals surface area contributed by atoms with Crippen LogP contribution in [0.2, 0.25) is 0 Å². The Kier molecular flexibility index (Phi) is 3.52. The SMILES string of the molecule is NCC(C1CCC1)N1CCSCC1. The zero-order valence-electron chi connectivity index (χ0n) is 8.24. The molecule has 0 aromatic heterocycles. The van der Waals surface area contributed by atoms with Crippen molar-refractivity contribution in [3.8, 4) is 0 Å². The number of rotatable bonds is 3. The van der Waals surface area contributed by atoms with Crippen molar-refractivity contribution in [2.24, 2.45) is 11.7 Å². The van der Waals surface area contributed by atoms with Crippen molar-refractivity contribution in [1.29, 1.82) is 0 Å². The first-order valence-electron chi connectivity index (χ1n) is 5.43. The molecule has 0 amide bonds. The molecule has 2 rings (SSSR count). The van der Waals surface area contributed by atoms with E-state index in [4.69, 9.17) is 5.73 Å². The summed E-state index contributed by atoms with van der Waals surface area (Å²) in [7, 11) is 0. The van der Waals surface area contributed by atoms with E-state index in [1.165, 1.54) is 43.9 Å². The van der Waals surface area contributed by atoms with Gasteiger partial charge in [-0.25, -0.2) is 0 Å². The Hall–Kier alpha value is 0.270.